The molecule has 2 rings (SSSR count). The second-order valence-corrected chi connectivity index (χ2v) is 4.89. The summed E-state index contributed by atoms with van der Waals surface area (Å²) in [7, 11) is 1.51. The third-order valence-electron chi connectivity index (χ3n) is 2.68. The smallest absolute Gasteiger partial charge is 0.257 e. The van der Waals surface area contributed by atoms with Gasteiger partial charge in [0.25, 0.3) is 5.91 Å². The Balaban J connectivity index is 2.30. The second-order valence-electron chi connectivity index (χ2n) is 4.03. The Morgan fingerprint density at radius 2 is 2.05 bits per heavy atom. The summed E-state index contributed by atoms with van der Waals surface area (Å²) in [5, 5.41) is 2.57. The van der Waals surface area contributed by atoms with E-state index in [1.54, 1.807) is 18.2 Å². The zero-order chi connectivity index (χ0) is 14.7. The van der Waals surface area contributed by atoms with Crippen molar-refractivity contribution < 1.29 is 13.9 Å². The van der Waals surface area contributed by atoms with E-state index >= 15 is 0 Å². The fraction of sp³-hybridized carbons (Fsp3) is 0.0714. The molecule has 0 bridgehead atoms. The van der Waals surface area contributed by atoms with Crippen LogP contribution >= 0.6 is 15.9 Å². The SMILES string of the molecule is COc1ccc(Br)c(C(=O)Nc2cc(F)ccc2N)c1. The minimum atomic E-state index is -0.473. The molecule has 0 aliphatic rings. The maximum Gasteiger partial charge on any atom is 0.257 e. The minimum absolute atomic E-state index is 0.227. The largest absolute Gasteiger partial charge is 0.497 e. The predicted octanol–water partition coefficient (Wildman–Crippen LogP) is 3.43. The number of halogens is 2. The van der Waals surface area contributed by atoms with Gasteiger partial charge in [-0.05, 0) is 52.3 Å². The molecule has 0 aliphatic heterocycles. The highest BCUT2D eigenvalue weighted by Gasteiger charge is 2.13. The Morgan fingerprint density at radius 3 is 2.75 bits per heavy atom. The van der Waals surface area contributed by atoms with Gasteiger partial charge < -0.3 is 15.8 Å². The quantitative estimate of drug-likeness (QED) is 0.842. The number of amides is 1. The van der Waals surface area contributed by atoms with Gasteiger partial charge >= 0.3 is 0 Å². The van der Waals surface area contributed by atoms with Crippen LogP contribution in [0.2, 0.25) is 0 Å². The molecule has 3 N–H and O–H groups in total. The normalized spacial score (nSPS) is 10.2. The Kier molecular flexibility index (Phi) is 4.24. The number of hydrogen-bond acceptors (Lipinski definition) is 3. The topological polar surface area (TPSA) is 64.3 Å². The molecule has 0 aliphatic carbocycles. The van der Waals surface area contributed by atoms with Crippen LogP contribution in [0.4, 0.5) is 15.8 Å². The van der Waals surface area contributed by atoms with Crippen LogP contribution in [0, 0.1) is 5.82 Å². The highest BCUT2D eigenvalue weighted by atomic mass is 79.9. The summed E-state index contributed by atoms with van der Waals surface area (Å²) in [6.45, 7) is 0. The number of ether oxygens (including phenoxy) is 1. The van der Waals surface area contributed by atoms with Crippen LogP contribution in [-0.2, 0) is 0 Å². The first-order chi connectivity index (χ1) is 9.51. The van der Waals surface area contributed by atoms with E-state index < -0.39 is 11.7 Å². The number of nitrogens with two attached hydrogens (primary N) is 1. The molecule has 104 valence electrons. The van der Waals surface area contributed by atoms with E-state index in [-0.39, 0.29) is 5.69 Å². The average Bonchev–Trinajstić information content (AvgIpc) is 2.43. The van der Waals surface area contributed by atoms with Crippen molar-refractivity contribution in [1.82, 2.24) is 0 Å². The second kappa shape index (κ2) is 5.92. The third kappa shape index (κ3) is 3.08. The summed E-state index contributed by atoms with van der Waals surface area (Å²) in [5.41, 5.74) is 6.58. The lowest BCUT2D eigenvalue weighted by Crippen LogP contribution is -2.14. The van der Waals surface area contributed by atoms with Crippen LogP contribution in [0.1, 0.15) is 10.4 Å². The van der Waals surface area contributed by atoms with E-state index in [9.17, 15) is 9.18 Å². The number of benzene rings is 2. The molecule has 0 heterocycles. The molecule has 6 heteroatoms. The molecule has 20 heavy (non-hydrogen) atoms. The van der Waals surface area contributed by atoms with Gasteiger partial charge in [-0.25, -0.2) is 4.39 Å². The highest BCUT2D eigenvalue weighted by molar-refractivity contribution is 9.10. The summed E-state index contributed by atoms with van der Waals surface area (Å²) in [4.78, 5) is 12.2. The molecule has 0 fully saturated rings. The van der Waals surface area contributed by atoms with E-state index in [2.05, 4.69) is 21.2 Å². The number of methoxy groups -OCH3 is 1. The third-order valence-corrected chi connectivity index (χ3v) is 3.37. The molecule has 2 aromatic carbocycles. The molecule has 0 aromatic heterocycles. The molecule has 0 saturated heterocycles. The van der Waals surface area contributed by atoms with E-state index in [0.717, 1.165) is 0 Å². The van der Waals surface area contributed by atoms with Gasteiger partial charge in [-0.15, -0.1) is 0 Å². The van der Waals surface area contributed by atoms with E-state index in [1.807, 2.05) is 0 Å². The van der Waals surface area contributed by atoms with Gasteiger partial charge in [-0.3, -0.25) is 4.79 Å². The van der Waals surface area contributed by atoms with Crippen molar-refractivity contribution in [2.75, 3.05) is 18.2 Å². The summed E-state index contributed by atoms with van der Waals surface area (Å²) in [5.74, 6) is -0.335. The van der Waals surface area contributed by atoms with Crippen molar-refractivity contribution in [1.29, 1.82) is 0 Å². The lowest BCUT2D eigenvalue weighted by Gasteiger charge is -2.10. The van der Waals surface area contributed by atoms with Crippen LogP contribution in [0.15, 0.2) is 40.9 Å². The Bertz CT molecular complexity index is 662. The fourth-order valence-electron chi connectivity index (χ4n) is 1.63. The fourth-order valence-corrected chi connectivity index (χ4v) is 2.06. The molecule has 2 aromatic rings. The van der Waals surface area contributed by atoms with Gasteiger partial charge in [0.05, 0.1) is 24.0 Å². The number of carbonyl (C=O) groups is 1. The van der Waals surface area contributed by atoms with Crippen molar-refractivity contribution >= 4 is 33.2 Å². The van der Waals surface area contributed by atoms with Crippen LogP contribution < -0.4 is 15.8 Å². The molecule has 1 amide bonds. The number of rotatable bonds is 3. The van der Waals surface area contributed by atoms with Gasteiger partial charge in [0, 0.05) is 4.47 Å². The number of hydrogen-bond donors (Lipinski definition) is 2. The molecule has 0 spiro atoms. The van der Waals surface area contributed by atoms with Crippen LogP contribution in [0.25, 0.3) is 0 Å². The highest BCUT2D eigenvalue weighted by Crippen LogP contribution is 2.25. The summed E-state index contributed by atoms with van der Waals surface area (Å²) in [6.07, 6.45) is 0. The number of nitrogens with one attached hydrogen (secondary N) is 1. The summed E-state index contributed by atoms with van der Waals surface area (Å²) in [6, 6.07) is 8.79. The minimum Gasteiger partial charge on any atom is -0.497 e. The van der Waals surface area contributed by atoms with Gasteiger partial charge in [-0.1, -0.05) is 0 Å². The van der Waals surface area contributed by atoms with Crippen LogP contribution in [0.3, 0.4) is 0 Å². The van der Waals surface area contributed by atoms with Crippen molar-refractivity contribution in [3.05, 3.63) is 52.3 Å². The molecule has 4 nitrogen and oxygen atoms in total. The lowest BCUT2D eigenvalue weighted by molar-refractivity contribution is 0.102. The first-order valence-corrected chi connectivity index (χ1v) is 6.50. The number of carbonyl (C=O) groups excluding carboxylic acids is 1. The Hall–Kier alpha value is -2.08. The van der Waals surface area contributed by atoms with Gasteiger partial charge in [0.1, 0.15) is 11.6 Å². The molecule has 0 saturated carbocycles. The van der Waals surface area contributed by atoms with Crippen LogP contribution in [0.5, 0.6) is 5.75 Å². The Morgan fingerprint density at radius 1 is 1.30 bits per heavy atom. The Labute approximate surface area is 123 Å². The average molecular weight is 339 g/mol. The molecular formula is C14H12BrFN2O2. The molecular weight excluding hydrogens is 327 g/mol. The summed E-state index contributed by atoms with van der Waals surface area (Å²) < 4.78 is 18.8. The standard InChI is InChI=1S/C14H12BrFN2O2/c1-20-9-3-4-11(15)10(7-9)14(19)18-13-6-8(16)2-5-12(13)17/h2-7H,17H2,1H3,(H,18,19). The van der Waals surface area contributed by atoms with Crippen molar-refractivity contribution in [3.8, 4) is 5.75 Å². The number of nitrogen functional groups attached to an aromatic ring is 1. The maximum atomic E-state index is 13.2. The predicted molar refractivity (Wildman–Crippen MR) is 79.5 cm³/mol. The molecule has 0 atom stereocenters. The first kappa shape index (κ1) is 14.3. The van der Waals surface area contributed by atoms with E-state index in [1.165, 1.54) is 25.3 Å². The van der Waals surface area contributed by atoms with Crippen molar-refractivity contribution in [2.45, 2.75) is 0 Å². The zero-order valence-corrected chi connectivity index (χ0v) is 12.2. The van der Waals surface area contributed by atoms with E-state index in [0.29, 0.717) is 21.5 Å². The van der Waals surface area contributed by atoms with Crippen molar-refractivity contribution in [2.24, 2.45) is 0 Å². The zero-order valence-electron chi connectivity index (χ0n) is 10.6. The summed E-state index contributed by atoms with van der Waals surface area (Å²) >= 11 is 3.28. The van der Waals surface area contributed by atoms with Crippen LogP contribution in [-0.4, -0.2) is 13.0 Å². The molecule has 0 unspecified atom stereocenters. The van der Waals surface area contributed by atoms with Crippen molar-refractivity contribution in [3.63, 3.8) is 0 Å². The number of anilines is 2. The van der Waals surface area contributed by atoms with Gasteiger partial charge in [0.15, 0.2) is 0 Å². The lowest BCUT2D eigenvalue weighted by atomic mass is 10.2. The first-order valence-electron chi connectivity index (χ1n) is 5.71. The maximum absolute atomic E-state index is 13.2. The van der Waals surface area contributed by atoms with Gasteiger partial charge in [0.2, 0.25) is 0 Å². The molecule has 0 radical (unpaired) electrons. The van der Waals surface area contributed by atoms with E-state index in [4.69, 9.17) is 10.5 Å². The monoisotopic (exact) mass is 338 g/mol. The van der Waals surface area contributed by atoms with Gasteiger partial charge in [-0.2, -0.15) is 0 Å².